The van der Waals surface area contributed by atoms with Crippen LogP contribution in [0.4, 0.5) is 0 Å². The Bertz CT molecular complexity index is 506. The second-order valence-electron chi connectivity index (χ2n) is 4.75. The van der Waals surface area contributed by atoms with Gasteiger partial charge >= 0.3 is 0 Å². The molecule has 18 heavy (non-hydrogen) atoms. The van der Waals surface area contributed by atoms with Gasteiger partial charge < -0.3 is 5.32 Å². The van der Waals surface area contributed by atoms with E-state index in [0.29, 0.717) is 6.04 Å². The third kappa shape index (κ3) is 2.96. The molecule has 1 N–H and O–H groups in total. The van der Waals surface area contributed by atoms with Gasteiger partial charge in [0.2, 0.25) is 0 Å². The Morgan fingerprint density at radius 1 is 1.17 bits per heavy atom. The first-order valence-electron chi connectivity index (χ1n) is 6.37. The first-order chi connectivity index (χ1) is 8.68. The first kappa shape index (κ1) is 12.8. The van der Waals surface area contributed by atoms with Gasteiger partial charge in [0.25, 0.3) is 0 Å². The van der Waals surface area contributed by atoms with E-state index in [1.807, 2.05) is 12.3 Å². The van der Waals surface area contributed by atoms with Gasteiger partial charge in [-0.15, -0.1) is 0 Å². The highest BCUT2D eigenvalue weighted by molar-refractivity contribution is 5.33. The lowest BCUT2D eigenvalue weighted by atomic mass is 10.0. The molecule has 1 heterocycles. The predicted molar refractivity (Wildman–Crippen MR) is 75.4 cm³/mol. The van der Waals surface area contributed by atoms with Gasteiger partial charge in [-0.25, -0.2) is 0 Å². The standard InChI is InChI=1S/C16H20N2/c1-12-6-4-7-15(13(12)2)11-18-14(3)16-8-5-9-17-10-16/h4-10,14,18H,11H2,1-3H3/t14-/m1/s1. The van der Waals surface area contributed by atoms with Crippen molar-refractivity contribution in [2.24, 2.45) is 0 Å². The van der Waals surface area contributed by atoms with Crippen molar-refractivity contribution in [2.75, 3.05) is 0 Å². The van der Waals surface area contributed by atoms with Crippen LogP contribution in [-0.4, -0.2) is 4.98 Å². The number of nitrogens with zero attached hydrogens (tertiary/aromatic N) is 1. The molecule has 0 amide bonds. The first-order valence-corrected chi connectivity index (χ1v) is 6.37. The number of hydrogen-bond acceptors (Lipinski definition) is 2. The van der Waals surface area contributed by atoms with Crippen LogP contribution in [0.5, 0.6) is 0 Å². The summed E-state index contributed by atoms with van der Waals surface area (Å²) in [5.41, 5.74) is 5.32. The molecule has 2 aromatic rings. The largest absolute Gasteiger partial charge is 0.306 e. The number of benzene rings is 1. The van der Waals surface area contributed by atoms with Gasteiger partial charge in [0.1, 0.15) is 0 Å². The van der Waals surface area contributed by atoms with Crippen LogP contribution in [0.3, 0.4) is 0 Å². The lowest BCUT2D eigenvalue weighted by Gasteiger charge is -2.15. The second kappa shape index (κ2) is 5.78. The number of rotatable bonds is 4. The molecule has 0 saturated heterocycles. The minimum absolute atomic E-state index is 0.318. The van der Waals surface area contributed by atoms with Gasteiger partial charge in [0, 0.05) is 25.0 Å². The molecule has 2 heteroatoms. The van der Waals surface area contributed by atoms with Crippen LogP contribution in [0.15, 0.2) is 42.7 Å². The number of nitrogens with one attached hydrogen (secondary N) is 1. The molecule has 0 unspecified atom stereocenters. The topological polar surface area (TPSA) is 24.9 Å². The van der Waals surface area contributed by atoms with E-state index in [-0.39, 0.29) is 0 Å². The fraction of sp³-hybridized carbons (Fsp3) is 0.312. The molecular formula is C16H20N2. The molecule has 0 spiro atoms. The fourth-order valence-corrected chi connectivity index (χ4v) is 2.02. The van der Waals surface area contributed by atoms with Crippen molar-refractivity contribution in [3.05, 3.63) is 65.0 Å². The summed E-state index contributed by atoms with van der Waals surface area (Å²) in [5.74, 6) is 0. The Kier molecular flexibility index (Phi) is 4.11. The summed E-state index contributed by atoms with van der Waals surface area (Å²) in [7, 11) is 0. The molecule has 0 saturated carbocycles. The maximum absolute atomic E-state index is 4.15. The third-order valence-electron chi connectivity index (χ3n) is 3.50. The summed E-state index contributed by atoms with van der Waals surface area (Å²) in [6.45, 7) is 7.40. The van der Waals surface area contributed by atoms with Crippen LogP contribution in [0.1, 0.15) is 35.2 Å². The zero-order valence-corrected chi connectivity index (χ0v) is 11.3. The predicted octanol–water partition coefficient (Wildman–Crippen LogP) is 3.55. The van der Waals surface area contributed by atoms with Gasteiger partial charge in [-0.1, -0.05) is 24.3 Å². The molecular weight excluding hydrogens is 220 g/mol. The highest BCUT2D eigenvalue weighted by Crippen LogP contribution is 2.15. The van der Waals surface area contributed by atoms with Crippen molar-refractivity contribution in [1.29, 1.82) is 0 Å². The van der Waals surface area contributed by atoms with E-state index < -0.39 is 0 Å². The Morgan fingerprint density at radius 2 is 2.00 bits per heavy atom. The molecule has 0 aliphatic carbocycles. The SMILES string of the molecule is Cc1cccc(CN[C@H](C)c2cccnc2)c1C. The van der Waals surface area contributed by atoms with Gasteiger partial charge in [-0.05, 0) is 49.1 Å². The van der Waals surface area contributed by atoms with Crippen molar-refractivity contribution in [3.63, 3.8) is 0 Å². The third-order valence-corrected chi connectivity index (χ3v) is 3.50. The molecule has 0 fully saturated rings. The summed E-state index contributed by atoms with van der Waals surface area (Å²) in [5, 5.41) is 3.54. The lowest BCUT2D eigenvalue weighted by Crippen LogP contribution is -2.18. The van der Waals surface area contributed by atoms with Crippen LogP contribution in [-0.2, 0) is 6.54 Å². The normalized spacial score (nSPS) is 12.4. The quantitative estimate of drug-likeness (QED) is 0.884. The number of hydrogen-bond donors (Lipinski definition) is 1. The average molecular weight is 240 g/mol. The Hall–Kier alpha value is -1.67. The molecule has 94 valence electrons. The minimum atomic E-state index is 0.318. The van der Waals surface area contributed by atoms with E-state index >= 15 is 0 Å². The Morgan fingerprint density at radius 3 is 2.72 bits per heavy atom. The molecule has 2 rings (SSSR count). The summed E-state index contributed by atoms with van der Waals surface area (Å²) >= 11 is 0. The van der Waals surface area contributed by atoms with Gasteiger partial charge in [-0.2, -0.15) is 0 Å². The van der Waals surface area contributed by atoms with Crippen LogP contribution in [0, 0.1) is 13.8 Å². The second-order valence-corrected chi connectivity index (χ2v) is 4.75. The monoisotopic (exact) mass is 240 g/mol. The molecule has 0 aliphatic heterocycles. The molecule has 0 aliphatic rings. The molecule has 2 nitrogen and oxygen atoms in total. The maximum atomic E-state index is 4.15. The Labute approximate surface area is 109 Å². The highest BCUT2D eigenvalue weighted by Gasteiger charge is 2.06. The summed E-state index contributed by atoms with van der Waals surface area (Å²) in [6, 6.07) is 10.9. The van der Waals surface area contributed by atoms with Crippen LogP contribution in [0.25, 0.3) is 0 Å². The van der Waals surface area contributed by atoms with Crippen molar-refractivity contribution in [2.45, 2.75) is 33.4 Å². The molecule has 0 radical (unpaired) electrons. The summed E-state index contributed by atoms with van der Waals surface area (Å²) in [6.07, 6.45) is 3.72. The van der Waals surface area contributed by atoms with Crippen molar-refractivity contribution >= 4 is 0 Å². The molecule has 1 atom stereocenters. The molecule has 1 aromatic carbocycles. The van der Waals surface area contributed by atoms with Crippen LogP contribution < -0.4 is 5.32 Å². The van der Waals surface area contributed by atoms with Crippen molar-refractivity contribution < 1.29 is 0 Å². The number of aromatic nitrogens is 1. The fourth-order valence-electron chi connectivity index (χ4n) is 2.02. The zero-order chi connectivity index (χ0) is 13.0. The summed E-state index contributed by atoms with van der Waals surface area (Å²) < 4.78 is 0. The smallest absolute Gasteiger partial charge is 0.0315 e. The zero-order valence-electron chi connectivity index (χ0n) is 11.3. The van der Waals surface area contributed by atoms with E-state index in [4.69, 9.17) is 0 Å². The van der Waals surface area contributed by atoms with Crippen LogP contribution >= 0.6 is 0 Å². The van der Waals surface area contributed by atoms with Gasteiger partial charge in [0.05, 0.1) is 0 Å². The van der Waals surface area contributed by atoms with E-state index in [2.05, 4.69) is 55.3 Å². The van der Waals surface area contributed by atoms with Crippen molar-refractivity contribution in [1.82, 2.24) is 10.3 Å². The Balaban J connectivity index is 2.02. The average Bonchev–Trinajstić information content (AvgIpc) is 2.41. The highest BCUT2D eigenvalue weighted by atomic mass is 14.9. The molecule has 1 aromatic heterocycles. The van der Waals surface area contributed by atoms with E-state index in [0.717, 1.165) is 6.54 Å². The van der Waals surface area contributed by atoms with Crippen molar-refractivity contribution in [3.8, 4) is 0 Å². The van der Waals surface area contributed by atoms with E-state index in [9.17, 15) is 0 Å². The molecule has 0 bridgehead atoms. The van der Waals surface area contributed by atoms with E-state index in [1.165, 1.54) is 22.3 Å². The maximum Gasteiger partial charge on any atom is 0.0315 e. The minimum Gasteiger partial charge on any atom is -0.306 e. The van der Waals surface area contributed by atoms with Gasteiger partial charge in [-0.3, -0.25) is 4.98 Å². The van der Waals surface area contributed by atoms with E-state index in [1.54, 1.807) is 6.20 Å². The van der Waals surface area contributed by atoms with Crippen LogP contribution in [0.2, 0.25) is 0 Å². The number of pyridine rings is 1. The van der Waals surface area contributed by atoms with Gasteiger partial charge in [0.15, 0.2) is 0 Å². The lowest BCUT2D eigenvalue weighted by molar-refractivity contribution is 0.571. The summed E-state index contributed by atoms with van der Waals surface area (Å²) in [4.78, 5) is 4.15. The number of aryl methyl sites for hydroxylation is 1.